The van der Waals surface area contributed by atoms with E-state index >= 15 is 0 Å². The molecule has 0 atom stereocenters. The number of aromatic nitrogens is 1. The predicted octanol–water partition coefficient (Wildman–Crippen LogP) is 3.11. The molecule has 3 nitrogen and oxygen atoms in total. The average molecular weight is 245 g/mol. The third-order valence-electron chi connectivity index (χ3n) is 2.88. The lowest BCUT2D eigenvalue weighted by Crippen LogP contribution is -2.25. The first-order valence-electron chi connectivity index (χ1n) is 6.44. The van der Waals surface area contributed by atoms with Crippen molar-refractivity contribution in [3.05, 3.63) is 43.6 Å². The van der Waals surface area contributed by atoms with E-state index in [0.717, 1.165) is 37.7 Å². The van der Waals surface area contributed by atoms with Crippen LogP contribution in [0.4, 0.5) is 11.5 Å². The van der Waals surface area contributed by atoms with Crippen molar-refractivity contribution in [2.45, 2.75) is 13.8 Å². The van der Waals surface area contributed by atoms with Crippen LogP contribution in [-0.2, 0) is 0 Å². The highest BCUT2D eigenvalue weighted by Gasteiger charge is 2.06. The molecular formula is C15H23N3. The van der Waals surface area contributed by atoms with E-state index in [9.17, 15) is 0 Å². The largest absolute Gasteiger partial charge is 0.367 e. The van der Waals surface area contributed by atoms with Gasteiger partial charge in [-0.25, -0.2) is 4.98 Å². The van der Waals surface area contributed by atoms with Gasteiger partial charge in [-0.2, -0.15) is 0 Å². The second kappa shape index (κ2) is 7.54. The molecule has 0 saturated carbocycles. The molecular weight excluding hydrogens is 222 g/mol. The molecule has 0 saturated heterocycles. The quantitative estimate of drug-likeness (QED) is 0.656. The molecule has 0 aromatic carbocycles. The van der Waals surface area contributed by atoms with Gasteiger partial charge in [-0.15, -0.1) is 13.2 Å². The van der Waals surface area contributed by atoms with E-state index in [4.69, 9.17) is 0 Å². The highest BCUT2D eigenvalue weighted by atomic mass is 15.2. The summed E-state index contributed by atoms with van der Waals surface area (Å²) < 4.78 is 0. The zero-order chi connectivity index (χ0) is 13.4. The van der Waals surface area contributed by atoms with Crippen LogP contribution in [0.25, 0.3) is 0 Å². The molecule has 0 amide bonds. The summed E-state index contributed by atoms with van der Waals surface area (Å²) in [5.41, 5.74) is 1.14. The van der Waals surface area contributed by atoms with E-state index < -0.39 is 0 Å². The van der Waals surface area contributed by atoms with Crippen LogP contribution in [0.1, 0.15) is 13.8 Å². The summed E-state index contributed by atoms with van der Waals surface area (Å²) in [4.78, 5) is 8.93. The Morgan fingerprint density at radius 1 is 1.06 bits per heavy atom. The minimum Gasteiger partial charge on any atom is -0.367 e. The van der Waals surface area contributed by atoms with Crippen molar-refractivity contribution in [2.24, 2.45) is 0 Å². The van der Waals surface area contributed by atoms with Crippen LogP contribution in [0.5, 0.6) is 0 Å². The molecule has 0 spiro atoms. The molecule has 1 heterocycles. The zero-order valence-corrected chi connectivity index (χ0v) is 11.5. The highest BCUT2D eigenvalue weighted by molar-refractivity contribution is 5.51. The fourth-order valence-corrected chi connectivity index (χ4v) is 1.87. The van der Waals surface area contributed by atoms with Gasteiger partial charge < -0.3 is 9.80 Å². The van der Waals surface area contributed by atoms with Crippen molar-refractivity contribution in [1.82, 2.24) is 4.98 Å². The minimum absolute atomic E-state index is 0.826. The van der Waals surface area contributed by atoms with Crippen molar-refractivity contribution >= 4 is 11.5 Å². The molecule has 0 aliphatic rings. The lowest BCUT2D eigenvalue weighted by Gasteiger charge is -2.23. The van der Waals surface area contributed by atoms with E-state index in [1.54, 1.807) is 0 Å². The van der Waals surface area contributed by atoms with Crippen molar-refractivity contribution in [1.29, 1.82) is 0 Å². The Morgan fingerprint density at radius 3 is 2.11 bits per heavy atom. The van der Waals surface area contributed by atoms with Crippen molar-refractivity contribution in [3.8, 4) is 0 Å². The van der Waals surface area contributed by atoms with Crippen LogP contribution in [0.15, 0.2) is 43.6 Å². The summed E-state index contributed by atoms with van der Waals surface area (Å²) in [6, 6.07) is 4.18. The molecule has 0 fully saturated rings. The maximum absolute atomic E-state index is 4.52. The molecule has 1 rings (SSSR count). The minimum atomic E-state index is 0.826. The zero-order valence-electron chi connectivity index (χ0n) is 11.5. The number of anilines is 2. The second-order valence-corrected chi connectivity index (χ2v) is 4.03. The Balaban J connectivity index is 2.83. The van der Waals surface area contributed by atoms with Crippen molar-refractivity contribution in [3.63, 3.8) is 0 Å². The molecule has 18 heavy (non-hydrogen) atoms. The number of rotatable bonds is 8. The first kappa shape index (κ1) is 14.3. The summed E-state index contributed by atoms with van der Waals surface area (Å²) in [5.74, 6) is 0.996. The van der Waals surface area contributed by atoms with Crippen LogP contribution in [0.3, 0.4) is 0 Å². The number of nitrogens with zero attached hydrogens (tertiary/aromatic N) is 3. The average Bonchev–Trinajstić information content (AvgIpc) is 2.42. The van der Waals surface area contributed by atoms with E-state index in [-0.39, 0.29) is 0 Å². The van der Waals surface area contributed by atoms with Gasteiger partial charge in [-0.1, -0.05) is 12.2 Å². The number of hydrogen-bond donors (Lipinski definition) is 0. The van der Waals surface area contributed by atoms with Gasteiger partial charge in [-0.3, -0.25) is 0 Å². The molecule has 3 heteroatoms. The molecule has 0 aliphatic heterocycles. The Kier molecular flexibility index (Phi) is 5.98. The SMILES string of the molecule is C=CCN(CC)c1ccc(N(CC)CC=C)nc1. The number of likely N-dealkylation sites (N-methyl/N-ethyl adjacent to an activating group) is 2. The Morgan fingerprint density at radius 2 is 1.67 bits per heavy atom. The topological polar surface area (TPSA) is 19.4 Å². The van der Waals surface area contributed by atoms with Crippen LogP contribution in [0.2, 0.25) is 0 Å². The Labute approximate surface area is 110 Å². The molecule has 98 valence electrons. The molecule has 1 aromatic rings. The first-order valence-corrected chi connectivity index (χ1v) is 6.44. The summed E-state index contributed by atoms with van der Waals surface area (Å²) in [6.45, 7) is 15.4. The summed E-state index contributed by atoms with van der Waals surface area (Å²) >= 11 is 0. The van der Waals surface area contributed by atoms with Crippen molar-refractivity contribution in [2.75, 3.05) is 36.0 Å². The summed E-state index contributed by atoms with van der Waals surface area (Å²) in [5, 5.41) is 0. The molecule has 0 N–H and O–H groups in total. The predicted molar refractivity (Wildman–Crippen MR) is 80.4 cm³/mol. The fraction of sp³-hybridized carbons (Fsp3) is 0.400. The lowest BCUT2D eigenvalue weighted by atomic mass is 10.3. The standard InChI is InChI=1S/C15H23N3/c1-5-11-17(7-3)14-9-10-15(16-13-14)18(8-4)12-6-2/h5-6,9-10,13H,1-2,7-8,11-12H2,3-4H3. The first-order chi connectivity index (χ1) is 8.76. The van der Waals surface area contributed by atoms with Crippen LogP contribution < -0.4 is 9.80 Å². The van der Waals surface area contributed by atoms with Crippen LogP contribution in [0, 0.1) is 0 Å². The van der Waals surface area contributed by atoms with E-state index in [0.29, 0.717) is 0 Å². The third kappa shape index (κ3) is 3.62. The van der Waals surface area contributed by atoms with Gasteiger partial charge in [0.2, 0.25) is 0 Å². The maximum atomic E-state index is 4.52. The van der Waals surface area contributed by atoms with Crippen LogP contribution >= 0.6 is 0 Å². The van der Waals surface area contributed by atoms with Gasteiger partial charge in [0.15, 0.2) is 0 Å². The monoisotopic (exact) mass is 245 g/mol. The van der Waals surface area contributed by atoms with Gasteiger partial charge in [0.05, 0.1) is 11.9 Å². The highest BCUT2D eigenvalue weighted by Crippen LogP contribution is 2.17. The summed E-state index contributed by atoms with van der Waals surface area (Å²) in [6.07, 6.45) is 5.73. The van der Waals surface area contributed by atoms with Gasteiger partial charge in [0.25, 0.3) is 0 Å². The van der Waals surface area contributed by atoms with E-state index in [1.807, 2.05) is 18.3 Å². The maximum Gasteiger partial charge on any atom is 0.128 e. The summed E-state index contributed by atoms with van der Waals surface area (Å²) in [7, 11) is 0. The third-order valence-corrected chi connectivity index (χ3v) is 2.88. The molecule has 0 aliphatic carbocycles. The smallest absolute Gasteiger partial charge is 0.128 e. The normalized spacial score (nSPS) is 9.89. The van der Waals surface area contributed by atoms with Gasteiger partial charge in [0, 0.05) is 26.2 Å². The van der Waals surface area contributed by atoms with Gasteiger partial charge in [0.1, 0.15) is 5.82 Å². The molecule has 1 aromatic heterocycles. The van der Waals surface area contributed by atoms with E-state index in [1.165, 1.54) is 0 Å². The second-order valence-electron chi connectivity index (χ2n) is 4.03. The Bertz CT molecular complexity index is 333. The number of hydrogen-bond acceptors (Lipinski definition) is 3. The van der Waals surface area contributed by atoms with Gasteiger partial charge in [-0.05, 0) is 26.0 Å². The number of pyridine rings is 1. The van der Waals surface area contributed by atoms with Crippen LogP contribution in [-0.4, -0.2) is 31.2 Å². The van der Waals surface area contributed by atoms with E-state index in [2.05, 4.69) is 53.9 Å². The molecule has 0 unspecified atom stereocenters. The lowest BCUT2D eigenvalue weighted by molar-refractivity contribution is 0.872. The Hall–Kier alpha value is -1.77. The van der Waals surface area contributed by atoms with Gasteiger partial charge >= 0.3 is 0 Å². The van der Waals surface area contributed by atoms with Crippen molar-refractivity contribution < 1.29 is 0 Å². The fourth-order valence-electron chi connectivity index (χ4n) is 1.87. The molecule has 0 bridgehead atoms. The molecule has 0 radical (unpaired) electrons.